The minimum atomic E-state index is 0.244. The summed E-state index contributed by atoms with van der Waals surface area (Å²) in [5.74, 6) is 0.983. The average Bonchev–Trinajstić information content (AvgIpc) is 2.69. The molecule has 0 radical (unpaired) electrons. The number of likely N-dealkylation sites (N-methyl/N-ethyl adjacent to an activating group) is 1. The monoisotopic (exact) mass is 326 g/mol. The number of aliphatic hydroxyl groups is 1. The molecule has 0 bridgehead atoms. The van der Waals surface area contributed by atoms with Gasteiger partial charge in [-0.3, -0.25) is 0 Å². The van der Waals surface area contributed by atoms with Crippen molar-refractivity contribution in [2.45, 2.75) is 19.9 Å². The number of aliphatic hydroxyl groups excluding tert-OH is 1. The number of imidazole rings is 1. The third-order valence-corrected chi connectivity index (χ3v) is 3.60. The summed E-state index contributed by atoms with van der Waals surface area (Å²) in [4.78, 5) is 11.0. The van der Waals surface area contributed by atoms with Gasteiger partial charge in [0.25, 0.3) is 0 Å². The fraction of sp³-hybridized carbons (Fsp3) is 0.538. The minimum Gasteiger partial charge on any atom is -0.396 e. The predicted octanol–water partition coefficient (Wildman–Crippen LogP) is 1.82. The van der Waals surface area contributed by atoms with Crippen LogP contribution in [0.15, 0.2) is 16.7 Å². The van der Waals surface area contributed by atoms with Crippen molar-refractivity contribution in [3.8, 4) is 0 Å². The summed E-state index contributed by atoms with van der Waals surface area (Å²) in [6.07, 6.45) is 2.58. The molecule has 0 aliphatic rings. The van der Waals surface area contributed by atoms with Gasteiger partial charge in [0.2, 0.25) is 0 Å². The molecular formula is C13H19BrN4O. The van der Waals surface area contributed by atoms with Gasteiger partial charge in [-0.15, -0.1) is 0 Å². The Morgan fingerprint density at radius 3 is 2.95 bits per heavy atom. The molecule has 0 saturated carbocycles. The lowest BCUT2D eigenvalue weighted by Crippen LogP contribution is -2.25. The Hall–Kier alpha value is -0.980. The standard InChI is InChI=1S/C13H19BrN4O/c1-10-16-13-12(8-11(14)9-15-13)18(10)6-5-17(2)4-3-7-19/h8-9,19H,3-7H2,1-2H3. The van der Waals surface area contributed by atoms with Crippen LogP contribution in [0.4, 0.5) is 0 Å². The Bertz CT molecular complexity index is 555. The molecule has 6 heteroatoms. The molecule has 0 fully saturated rings. The third-order valence-electron chi connectivity index (χ3n) is 3.17. The van der Waals surface area contributed by atoms with Gasteiger partial charge in [0.05, 0.1) is 5.52 Å². The highest BCUT2D eigenvalue weighted by molar-refractivity contribution is 9.10. The smallest absolute Gasteiger partial charge is 0.177 e. The maximum absolute atomic E-state index is 8.83. The molecule has 0 aliphatic heterocycles. The van der Waals surface area contributed by atoms with Crippen molar-refractivity contribution in [1.82, 2.24) is 19.4 Å². The first kappa shape index (κ1) is 14.4. The van der Waals surface area contributed by atoms with Crippen molar-refractivity contribution in [2.24, 2.45) is 0 Å². The number of aromatic nitrogens is 3. The molecule has 0 amide bonds. The van der Waals surface area contributed by atoms with Crippen molar-refractivity contribution < 1.29 is 5.11 Å². The summed E-state index contributed by atoms with van der Waals surface area (Å²) in [6, 6.07) is 2.05. The molecule has 2 aromatic rings. The van der Waals surface area contributed by atoms with Crippen LogP contribution in [0.2, 0.25) is 0 Å². The first-order valence-corrected chi connectivity index (χ1v) is 7.19. The normalized spacial score (nSPS) is 11.6. The maximum Gasteiger partial charge on any atom is 0.177 e. The molecule has 104 valence electrons. The van der Waals surface area contributed by atoms with Gasteiger partial charge in [-0.1, -0.05) is 0 Å². The van der Waals surface area contributed by atoms with Crippen LogP contribution in [0.25, 0.3) is 11.2 Å². The second-order valence-corrected chi connectivity index (χ2v) is 5.60. The second kappa shape index (κ2) is 6.45. The maximum atomic E-state index is 8.83. The Morgan fingerprint density at radius 2 is 2.21 bits per heavy atom. The lowest BCUT2D eigenvalue weighted by Gasteiger charge is -2.17. The fourth-order valence-electron chi connectivity index (χ4n) is 2.10. The zero-order valence-electron chi connectivity index (χ0n) is 11.3. The minimum absolute atomic E-state index is 0.244. The number of halogens is 1. The zero-order chi connectivity index (χ0) is 13.8. The number of fused-ring (bicyclic) bond motifs is 1. The van der Waals surface area contributed by atoms with Gasteiger partial charge in [0.1, 0.15) is 5.82 Å². The zero-order valence-corrected chi connectivity index (χ0v) is 12.9. The summed E-state index contributed by atoms with van der Waals surface area (Å²) in [7, 11) is 2.07. The molecule has 2 aromatic heterocycles. The van der Waals surface area contributed by atoms with Gasteiger partial charge in [-0.05, 0) is 42.4 Å². The average molecular weight is 327 g/mol. The Labute approximate surface area is 121 Å². The number of pyridine rings is 1. The van der Waals surface area contributed by atoms with Crippen LogP contribution in [0.1, 0.15) is 12.2 Å². The first-order chi connectivity index (χ1) is 9.11. The van der Waals surface area contributed by atoms with Crippen LogP contribution in [-0.4, -0.2) is 51.3 Å². The molecule has 0 atom stereocenters. The van der Waals surface area contributed by atoms with Gasteiger partial charge in [0.15, 0.2) is 5.65 Å². The highest BCUT2D eigenvalue weighted by Gasteiger charge is 2.09. The van der Waals surface area contributed by atoms with Crippen LogP contribution >= 0.6 is 15.9 Å². The molecule has 0 saturated heterocycles. The second-order valence-electron chi connectivity index (χ2n) is 4.69. The number of hydrogen-bond donors (Lipinski definition) is 1. The van der Waals surface area contributed by atoms with Gasteiger partial charge < -0.3 is 14.6 Å². The summed E-state index contributed by atoms with van der Waals surface area (Å²) >= 11 is 3.45. The fourth-order valence-corrected chi connectivity index (χ4v) is 2.42. The van der Waals surface area contributed by atoms with E-state index in [0.29, 0.717) is 0 Å². The van der Waals surface area contributed by atoms with Crippen LogP contribution in [0.5, 0.6) is 0 Å². The van der Waals surface area contributed by atoms with Crippen molar-refractivity contribution in [3.63, 3.8) is 0 Å². The van der Waals surface area contributed by atoms with E-state index in [2.05, 4.69) is 48.5 Å². The molecule has 0 aliphatic carbocycles. The Morgan fingerprint density at radius 1 is 1.42 bits per heavy atom. The quantitative estimate of drug-likeness (QED) is 0.879. The summed E-state index contributed by atoms with van der Waals surface area (Å²) in [6.45, 7) is 4.96. The van der Waals surface area contributed by atoms with Crippen LogP contribution in [0.3, 0.4) is 0 Å². The summed E-state index contributed by atoms with van der Waals surface area (Å²) in [5.41, 5.74) is 1.85. The largest absolute Gasteiger partial charge is 0.396 e. The van der Waals surface area contributed by atoms with Crippen LogP contribution in [0, 0.1) is 6.92 Å². The molecule has 5 nitrogen and oxygen atoms in total. The molecule has 19 heavy (non-hydrogen) atoms. The molecule has 0 spiro atoms. The van der Waals surface area contributed by atoms with E-state index >= 15 is 0 Å². The van der Waals surface area contributed by atoms with Crippen molar-refractivity contribution in [2.75, 3.05) is 26.7 Å². The van der Waals surface area contributed by atoms with E-state index in [0.717, 1.165) is 47.5 Å². The number of aryl methyl sites for hydroxylation is 1. The van der Waals surface area contributed by atoms with Gasteiger partial charge in [-0.25, -0.2) is 9.97 Å². The molecule has 0 aromatic carbocycles. The number of rotatable bonds is 6. The summed E-state index contributed by atoms with van der Waals surface area (Å²) in [5, 5.41) is 8.83. The van der Waals surface area contributed by atoms with E-state index in [4.69, 9.17) is 5.11 Å². The number of hydrogen-bond acceptors (Lipinski definition) is 4. The van der Waals surface area contributed by atoms with E-state index < -0.39 is 0 Å². The van der Waals surface area contributed by atoms with E-state index in [1.54, 1.807) is 6.20 Å². The van der Waals surface area contributed by atoms with Gasteiger partial charge in [0, 0.05) is 36.9 Å². The van der Waals surface area contributed by atoms with Crippen molar-refractivity contribution in [3.05, 3.63) is 22.6 Å². The number of nitrogens with zero attached hydrogens (tertiary/aromatic N) is 4. The molecule has 0 unspecified atom stereocenters. The van der Waals surface area contributed by atoms with Crippen molar-refractivity contribution >= 4 is 27.1 Å². The molecular weight excluding hydrogens is 308 g/mol. The predicted molar refractivity (Wildman–Crippen MR) is 79.2 cm³/mol. The molecule has 1 N–H and O–H groups in total. The van der Waals surface area contributed by atoms with E-state index in [9.17, 15) is 0 Å². The van der Waals surface area contributed by atoms with E-state index in [-0.39, 0.29) is 6.61 Å². The Balaban J connectivity index is 2.11. The van der Waals surface area contributed by atoms with Crippen LogP contribution < -0.4 is 0 Å². The van der Waals surface area contributed by atoms with E-state index in [1.807, 2.05) is 6.92 Å². The van der Waals surface area contributed by atoms with E-state index in [1.165, 1.54) is 0 Å². The SMILES string of the molecule is Cc1nc2ncc(Br)cc2n1CCN(C)CCCO. The summed E-state index contributed by atoms with van der Waals surface area (Å²) < 4.78 is 3.15. The highest BCUT2D eigenvalue weighted by atomic mass is 79.9. The highest BCUT2D eigenvalue weighted by Crippen LogP contribution is 2.18. The third kappa shape index (κ3) is 3.52. The topological polar surface area (TPSA) is 54.2 Å². The molecule has 2 heterocycles. The lowest BCUT2D eigenvalue weighted by molar-refractivity contribution is 0.244. The molecule has 2 rings (SSSR count). The van der Waals surface area contributed by atoms with Gasteiger partial charge in [-0.2, -0.15) is 0 Å². The van der Waals surface area contributed by atoms with Gasteiger partial charge >= 0.3 is 0 Å². The first-order valence-electron chi connectivity index (χ1n) is 6.39. The Kier molecular flexibility index (Phi) is 4.90. The lowest BCUT2D eigenvalue weighted by atomic mass is 10.4. The van der Waals surface area contributed by atoms with Crippen molar-refractivity contribution in [1.29, 1.82) is 0 Å². The van der Waals surface area contributed by atoms with Crippen LogP contribution in [-0.2, 0) is 6.54 Å².